The smallest absolute Gasteiger partial charge is 0.153 e. The second-order valence-corrected chi connectivity index (χ2v) is 2.87. The summed E-state index contributed by atoms with van der Waals surface area (Å²) in [5.74, 6) is 0. The Morgan fingerprint density at radius 1 is 1.38 bits per heavy atom. The standard InChI is InChI=1S/C10H9NO2/c12-6-10(13)8-5-11-9-4-2-1-3-7(8)9/h1-6,10-11,13H/t10-/m0/s1. The predicted molar refractivity (Wildman–Crippen MR) is 49.3 cm³/mol. The van der Waals surface area contributed by atoms with E-state index in [0.717, 1.165) is 10.9 Å². The Morgan fingerprint density at radius 3 is 2.92 bits per heavy atom. The molecular formula is C10H9NO2. The van der Waals surface area contributed by atoms with Gasteiger partial charge in [0.2, 0.25) is 0 Å². The fraction of sp³-hybridized carbons (Fsp3) is 0.100. The van der Waals surface area contributed by atoms with Gasteiger partial charge in [0.25, 0.3) is 0 Å². The normalized spacial score (nSPS) is 13.0. The van der Waals surface area contributed by atoms with Crippen LogP contribution in [0.3, 0.4) is 0 Å². The highest BCUT2D eigenvalue weighted by Gasteiger charge is 2.10. The van der Waals surface area contributed by atoms with Crippen molar-refractivity contribution in [3.63, 3.8) is 0 Å². The van der Waals surface area contributed by atoms with Gasteiger partial charge in [0, 0.05) is 22.7 Å². The van der Waals surface area contributed by atoms with Crippen molar-refractivity contribution in [1.29, 1.82) is 0 Å². The zero-order chi connectivity index (χ0) is 9.26. The Hall–Kier alpha value is -1.61. The van der Waals surface area contributed by atoms with Crippen LogP contribution in [0.25, 0.3) is 10.9 Å². The topological polar surface area (TPSA) is 53.1 Å². The van der Waals surface area contributed by atoms with Crippen LogP contribution in [0.4, 0.5) is 0 Å². The minimum atomic E-state index is -1.03. The number of hydrogen-bond donors (Lipinski definition) is 2. The Labute approximate surface area is 75.0 Å². The van der Waals surface area contributed by atoms with Crippen LogP contribution in [-0.4, -0.2) is 16.4 Å². The molecule has 2 N–H and O–H groups in total. The maximum atomic E-state index is 10.4. The van der Waals surface area contributed by atoms with Crippen molar-refractivity contribution in [2.45, 2.75) is 6.10 Å². The third-order valence-corrected chi connectivity index (χ3v) is 2.07. The summed E-state index contributed by atoms with van der Waals surface area (Å²) in [5, 5.41) is 10.2. The first kappa shape index (κ1) is 8.01. The van der Waals surface area contributed by atoms with Gasteiger partial charge in [-0.2, -0.15) is 0 Å². The van der Waals surface area contributed by atoms with Gasteiger partial charge in [0.15, 0.2) is 6.29 Å². The Bertz CT molecular complexity index is 433. The van der Waals surface area contributed by atoms with E-state index in [1.54, 1.807) is 6.20 Å². The molecule has 0 amide bonds. The van der Waals surface area contributed by atoms with Crippen molar-refractivity contribution in [2.24, 2.45) is 0 Å². The summed E-state index contributed by atoms with van der Waals surface area (Å²) >= 11 is 0. The van der Waals surface area contributed by atoms with E-state index in [0.29, 0.717) is 11.8 Å². The number of fused-ring (bicyclic) bond motifs is 1. The fourth-order valence-electron chi connectivity index (χ4n) is 1.41. The fourth-order valence-corrected chi connectivity index (χ4v) is 1.41. The Balaban J connectivity index is 2.64. The minimum absolute atomic E-state index is 0.523. The molecule has 0 spiro atoms. The second kappa shape index (κ2) is 3.03. The van der Waals surface area contributed by atoms with Gasteiger partial charge in [0.05, 0.1) is 0 Å². The number of benzene rings is 1. The Kier molecular flexibility index (Phi) is 1.87. The number of aliphatic hydroxyl groups is 1. The molecule has 1 aromatic heterocycles. The molecule has 0 unspecified atom stereocenters. The lowest BCUT2D eigenvalue weighted by Crippen LogP contribution is -1.96. The van der Waals surface area contributed by atoms with Crippen LogP contribution in [0, 0.1) is 0 Å². The van der Waals surface area contributed by atoms with Gasteiger partial charge in [-0.3, -0.25) is 0 Å². The van der Waals surface area contributed by atoms with Crippen molar-refractivity contribution < 1.29 is 9.90 Å². The first-order valence-electron chi connectivity index (χ1n) is 4.02. The van der Waals surface area contributed by atoms with Crippen LogP contribution in [0.1, 0.15) is 11.7 Å². The second-order valence-electron chi connectivity index (χ2n) is 2.87. The summed E-state index contributed by atoms with van der Waals surface area (Å²) in [6, 6.07) is 7.54. The van der Waals surface area contributed by atoms with Crippen molar-refractivity contribution in [1.82, 2.24) is 4.98 Å². The van der Waals surface area contributed by atoms with Gasteiger partial charge in [0.1, 0.15) is 6.10 Å². The maximum absolute atomic E-state index is 10.4. The molecule has 3 nitrogen and oxygen atoms in total. The van der Waals surface area contributed by atoms with Crippen molar-refractivity contribution in [3.05, 3.63) is 36.0 Å². The van der Waals surface area contributed by atoms with Crippen LogP contribution < -0.4 is 0 Å². The van der Waals surface area contributed by atoms with Gasteiger partial charge < -0.3 is 14.9 Å². The molecule has 13 heavy (non-hydrogen) atoms. The van der Waals surface area contributed by atoms with Gasteiger partial charge in [-0.25, -0.2) is 0 Å². The highest BCUT2D eigenvalue weighted by atomic mass is 16.3. The van der Waals surface area contributed by atoms with Gasteiger partial charge in [-0.15, -0.1) is 0 Å². The minimum Gasteiger partial charge on any atom is -0.381 e. The largest absolute Gasteiger partial charge is 0.381 e. The molecule has 0 fully saturated rings. The molecule has 0 radical (unpaired) electrons. The van der Waals surface area contributed by atoms with E-state index in [1.807, 2.05) is 24.3 Å². The van der Waals surface area contributed by atoms with Crippen molar-refractivity contribution in [2.75, 3.05) is 0 Å². The van der Waals surface area contributed by atoms with Crippen LogP contribution in [-0.2, 0) is 4.79 Å². The molecular weight excluding hydrogens is 166 g/mol. The highest BCUT2D eigenvalue weighted by Crippen LogP contribution is 2.22. The Morgan fingerprint density at radius 2 is 2.15 bits per heavy atom. The summed E-state index contributed by atoms with van der Waals surface area (Å²) < 4.78 is 0. The molecule has 2 aromatic rings. The van der Waals surface area contributed by atoms with Crippen molar-refractivity contribution in [3.8, 4) is 0 Å². The molecule has 0 bridgehead atoms. The third kappa shape index (κ3) is 1.23. The average molecular weight is 175 g/mol. The summed E-state index contributed by atoms with van der Waals surface area (Å²) in [6.07, 6.45) is 1.15. The van der Waals surface area contributed by atoms with E-state index >= 15 is 0 Å². The number of aliphatic hydroxyl groups excluding tert-OH is 1. The van der Waals surface area contributed by atoms with E-state index in [1.165, 1.54) is 0 Å². The van der Waals surface area contributed by atoms with Crippen LogP contribution >= 0.6 is 0 Å². The van der Waals surface area contributed by atoms with Crippen LogP contribution in [0.15, 0.2) is 30.5 Å². The van der Waals surface area contributed by atoms with Crippen molar-refractivity contribution >= 4 is 17.2 Å². The zero-order valence-electron chi connectivity index (χ0n) is 6.90. The molecule has 1 aromatic carbocycles. The highest BCUT2D eigenvalue weighted by molar-refractivity contribution is 5.85. The van der Waals surface area contributed by atoms with E-state index in [4.69, 9.17) is 0 Å². The monoisotopic (exact) mass is 175 g/mol. The number of rotatable bonds is 2. The molecule has 0 saturated heterocycles. The molecule has 1 heterocycles. The number of hydrogen-bond acceptors (Lipinski definition) is 2. The number of aromatic nitrogens is 1. The summed E-state index contributed by atoms with van der Waals surface area (Å²) in [7, 11) is 0. The molecule has 66 valence electrons. The van der Waals surface area contributed by atoms with Gasteiger partial charge >= 0.3 is 0 Å². The summed E-state index contributed by atoms with van der Waals surface area (Å²) in [6.45, 7) is 0. The SMILES string of the molecule is O=C[C@H](O)c1c[nH]c2ccccc12. The number of para-hydroxylation sites is 1. The third-order valence-electron chi connectivity index (χ3n) is 2.07. The quantitative estimate of drug-likeness (QED) is 0.678. The lowest BCUT2D eigenvalue weighted by atomic mass is 10.1. The van der Waals surface area contributed by atoms with E-state index in [9.17, 15) is 9.90 Å². The van der Waals surface area contributed by atoms with Gasteiger partial charge in [-0.05, 0) is 6.07 Å². The predicted octanol–water partition coefficient (Wildman–Crippen LogP) is 1.40. The average Bonchev–Trinajstić information content (AvgIpc) is 2.60. The first-order valence-corrected chi connectivity index (χ1v) is 4.02. The molecule has 3 heteroatoms. The zero-order valence-corrected chi connectivity index (χ0v) is 6.90. The molecule has 0 aliphatic rings. The number of carbonyl (C=O) groups is 1. The summed E-state index contributed by atoms with van der Waals surface area (Å²) in [4.78, 5) is 13.4. The number of aromatic amines is 1. The van der Waals surface area contributed by atoms with E-state index in [-0.39, 0.29) is 0 Å². The number of nitrogens with one attached hydrogen (secondary N) is 1. The maximum Gasteiger partial charge on any atom is 0.153 e. The molecule has 1 atom stereocenters. The number of carbonyl (C=O) groups excluding carboxylic acids is 1. The first-order chi connectivity index (χ1) is 6.33. The molecule has 2 rings (SSSR count). The lowest BCUT2D eigenvalue weighted by molar-refractivity contribution is -0.115. The lowest BCUT2D eigenvalue weighted by Gasteiger charge is -1.99. The molecule has 0 aliphatic carbocycles. The number of aldehydes is 1. The molecule has 0 aliphatic heterocycles. The van der Waals surface area contributed by atoms with E-state index in [2.05, 4.69) is 4.98 Å². The van der Waals surface area contributed by atoms with Crippen LogP contribution in [0.5, 0.6) is 0 Å². The summed E-state index contributed by atoms with van der Waals surface area (Å²) in [5.41, 5.74) is 1.56. The van der Waals surface area contributed by atoms with Gasteiger partial charge in [-0.1, -0.05) is 18.2 Å². The molecule has 0 saturated carbocycles. The van der Waals surface area contributed by atoms with E-state index < -0.39 is 6.10 Å². The number of H-pyrrole nitrogens is 1. The van der Waals surface area contributed by atoms with Crippen LogP contribution in [0.2, 0.25) is 0 Å².